The molecule has 1 aromatic heterocycles. The van der Waals surface area contributed by atoms with Crippen LogP contribution >= 0.6 is 11.3 Å². The van der Waals surface area contributed by atoms with Gasteiger partial charge >= 0.3 is 0 Å². The Hall–Kier alpha value is -2.20. The zero-order valence-corrected chi connectivity index (χ0v) is 12.5. The molecule has 0 spiro atoms. The van der Waals surface area contributed by atoms with E-state index in [1.54, 1.807) is 23.5 Å². The highest BCUT2D eigenvalue weighted by Crippen LogP contribution is 2.21. The van der Waals surface area contributed by atoms with Crippen molar-refractivity contribution in [2.75, 3.05) is 0 Å². The largest absolute Gasteiger partial charge is 0.317 e. The Balaban J connectivity index is 2.09. The van der Waals surface area contributed by atoms with Crippen molar-refractivity contribution >= 4 is 17.0 Å². The summed E-state index contributed by atoms with van der Waals surface area (Å²) in [5, 5.41) is 2.07. The van der Waals surface area contributed by atoms with Crippen molar-refractivity contribution in [2.45, 2.75) is 13.5 Å². The number of aromatic nitrogens is 1. The van der Waals surface area contributed by atoms with Gasteiger partial charge in [0.2, 0.25) is 0 Å². The monoisotopic (exact) mass is 298 g/mol. The molecule has 0 unspecified atom stereocenters. The molecule has 21 heavy (non-hydrogen) atoms. The van der Waals surface area contributed by atoms with E-state index in [2.05, 4.69) is 21.9 Å². The summed E-state index contributed by atoms with van der Waals surface area (Å²) in [4.78, 5) is 5.63. The lowest BCUT2D eigenvalue weighted by molar-refractivity contribution is 0.628. The molecule has 0 atom stereocenters. The Morgan fingerprint density at radius 1 is 1.05 bits per heavy atom. The van der Waals surface area contributed by atoms with E-state index in [9.17, 15) is 4.39 Å². The molecule has 0 fully saturated rings. The summed E-state index contributed by atoms with van der Waals surface area (Å²) in [5.74, 6) is -0.216. The van der Waals surface area contributed by atoms with Crippen LogP contribution in [0, 0.1) is 5.82 Å². The number of hydrogen-bond acceptors (Lipinski definition) is 2. The van der Waals surface area contributed by atoms with Crippen LogP contribution in [0.25, 0.3) is 11.3 Å². The highest BCUT2D eigenvalue weighted by Gasteiger charge is 2.06. The van der Waals surface area contributed by atoms with Crippen molar-refractivity contribution in [3.05, 3.63) is 70.6 Å². The van der Waals surface area contributed by atoms with E-state index < -0.39 is 0 Å². The molecular formula is C17H15FN2S. The normalized spacial score (nSPS) is 11.8. The van der Waals surface area contributed by atoms with Gasteiger partial charge in [0.1, 0.15) is 5.82 Å². The predicted molar refractivity (Wildman–Crippen MR) is 85.0 cm³/mol. The maximum Gasteiger partial charge on any atom is 0.190 e. The van der Waals surface area contributed by atoms with Crippen molar-refractivity contribution in [2.24, 2.45) is 4.99 Å². The third-order valence-electron chi connectivity index (χ3n) is 3.23. The molecule has 1 heterocycles. The molecule has 106 valence electrons. The molecule has 3 rings (SSSR count). The van der Waals surface area contributed by atoms with Crippen LogP contribution in [-0.4, -0.2) is 4.57 Å². The predicted octanol–water partition coefficient (Wildman–Crippen LogP) is 4.61. The second-order valence-corrected chi connectivity index (χ2v) is 5.44. The van der Waals surface area contributed by atoms with Crippen LogP contribution in [0.1, 0.15) is 6.92 Å². The van der Waals surface area contributed by atoms with Gasteiger partial charge in [-0.15, -0.1) is 11.3 Å². The Bertz CT molecular complexity index is 786. The molecule has 0 aliphatic carbocycles. The third kappa shape index (κ3) is 2.95. The average molecular weight is 298 g/mol. The standard InChI is InChI=1S/C17H15FN2S/c1-2-20-16(13-8-10-14(18)11-9-13)12-21-17(20)19-15-6-4-3-5-7-15/h3-12H,2H2,1H3. The number of hydrogen-bond donors (Lipinski definition) is 0. The Labute approximate surface area is 126 Å². The van der Waals surface area contributed by atoms with Crippen LogP contribution in [-0.2, 0) is 6.54 Å². The fourth-order valence-electron chi connectivity index (χ4n) is 2.19. The number of nitrogens with zero attached hydrogens (tertiary/aromatic N) is 2. The lowest BCUT2D eigenvalue weighted by Crippen LogP contribution is -2.14. The first-order valence-electron chi connectivity index (χ1n) is 6.82. The van der Waals surface area contributed by atoms with Crippen LogP contribution in [0.3, 0.4) is 0 Å². The number of halogens is 1. The van der Waals surface area contributed by atoms with Crippen LogP contribution in [0.2, 0.25) is 0 Å². The summed E-state index contributed by atoms with van der Waals surface area (Å²) in [6.07, 6.45) is 0. The average Bonchev–Trinajstić information content (AvgIpc) is 2.92. The number of thiazole rings is 1. The summed E-state index contributed by atoms with van der Waals surface area (Å²) in [5.41, 5.74) is 3.01. The number of rotatable bonds is 3. The topological polar surface area (TPSA) is 17.3 Å². The maximum absolute atomic E-state index is 13.1. The van der Waals surface area contributed by atoms with Crippen molar-refractivity contribution in [3.63, 3.8) is 0 Å². The van der Waals surface area contributed by atoms with Gasteiger partial charge in [-0.25, -0.2) is 9.38 Å². The molecule has 4 heteroatoms. The molecule has 0 saturated carbocycles. The van der Waals surface area contributed by atoms with Crippen LogP contribution < -0.4 is 4.80 Å². The Morgan fingerprint density at radius 3 is 2.43 bits per heavy atom. The lowest BCUT2D eigenvalue weighted by atomic mass is 10.2. The van der Waals surface area contributed by atoms with Gasteiger partial charge < -0.3 is 4.57 Å². The van der Waals surface area contributed by atoms with E-state index in [0.717, 1.165) is 28.3 Å². The van der Waals surface area contributed by atoms with Crippen molar-refractivity contribution in [3.8, 4) is 11.3 Å². The second-order valence-electron chi connectivity index (χ2n) is 4.60. The third-order valence-corrected chi connectivity index (χ3v) is 4.10. The van der Waals surface area contributed by atoms with E-state index >= 15 is 0 Å². The minimum absolute atomic E-state index is 0.216. The van der Waals surface area contributed by atoms with Gasteiger partial charge in [-0.05, 0) is 48.9 Å². The van der Waals surface area contributed by atoms with E-state index in [0.29, 0.717) is 0 Å². The summed E-state index contributed by atoms with van der Waals surface area (Å²) in [6, 6.07) is 16.5. The lowest BCUT2D eigenvalue weighted by Gasteiger charge is -2.06. The molecule has 0 amide bonds. The van der Waals surface area contributed by atoms with Gasteiger partial charge in [0.25, 0.3) is 0 Å². The van der Waals surface area contributed by atoms with Gasteiger partial charge in [-0.1, -0.05) is 18.2 Å². The molecule has 0 aliphatic rings. The summed E-state index contributed by atoms with van der Waals surface area (Å²) >= 11 is 1.60. The molecule has 0 aliphatic heterocycles. The zero-order valence-electron chi connectivity index (χ0n) is 11.7. The summed E-state index contributed by atoms with van der Waals surface area (Å²) in [6.45, 7) is 2.91. The molecule has 0 radical (unpaired) electrons. The minimum atomic E-state index is -0.216. The molecule has 0 saturated heterocycles. The molecule has 3 aromatic rings. The van der Waals surface area contributed by atoms with Crippen molar-refractivity contribution in [1.29, 1.82) is 0 Å². The van der Waals surface area contributed by atoms with E-state index in [1.807, 2.05) is 30.3 Å². The molecule has 0 bridgehead atoms. The molecule has 0 N–H and O–H groups in total. The maximum atomic E-state index is 13.1. The van der Waals surface area contributed by atoms with Gasteiger partial charge in [0.05, 0.1) is 11.4 Å². The van der Waals surface area contributed by atoms with E-state index in [1.165, 1.54) is 12.1 Å². The zero-order chi connectivity index (χ0) is 14.7. The van der Waals surface area contributed by atoms with E-state index in [4.69, 9.17) is 0 Å². The first kappa shape index (κ1) is 13.8. The SMILES string of the molecule is CCn1c(-c2ccc(F)cc2)csc1=Nc1ccccc1. The molecule has 2 nitrogen and oxygen atoms in total. The second kappa shape index (κ2) is 6.06. The minimum Gasteiger partial charge on any atom is -0.317 e. The van der Waals surface area contributed by atoms with Gasteiger partial charge in [0, 0.05) is 11.9 Å². The number of para-hydroxylation sites is 1. The van der Waals surface area contributed by atoms with E-state index in [-0.39, 0.29) is 5.82 Å². The van der Waals surface area contributed by atoms with Gasteiger partial charge in [-0.2, -0.15) is 0 Å². The van der Waals surface area contributed by atoms with Crippen molar-refractivity contribution < 1.29 is 4.39 Å². The highest BCUT2D eigenvalue weighted by molar-refractivity contribution is 7.07. The van der Waals surface area contributed by atoms with Crippen molar-refractivity contribution in [1.82, 2.24) is 4.57 Å². The summed E-state index contributed by atoms with van der Waals surface area (Å²) < 4.78 is 15.2. The summed E-state index contributed by atoms with van der Waals surface area (Å²) in [7, 11) is 0. The Kier molecular flexibility index (Phi) is 3.97. The fraction of sp³-hybridized carbons (Fsp3) is 0.118. The smallest absolute Gasteiger partial charge is 0.190 e. The first-order chi connectivity index (χ1) is 10.3. The molecular weight excluding hydrogens is 283 g/mol. The molecule has 2 aromatic carbocycles. The van der Waals surface area contributed by atoms with Gasteiger partial charge in [0.15, 0.2) is 4.80 Å². The fourth-order valence-corrected chi connectivity index (χ4v) is 3.18. The van der Waals surface area contributed by atoms with Gasteiger partial charge in [-0.3, -0.25) is 0 Å². The van der Waals surface area contributed by atoms with Crippen LogP contribution in [0.15, 0.2) is 65.0 Å². The first-order valence-corrected chi connectivity index (χ1v) is 7.70. The highest BCUT2D eigenvalue weighted by atomic mass is 32.1. The van der Waals surface area contributed by atoms with Crippen LogP contribution in [0.5, 0.6) is 0 Å². The Morgan fingerprint density at radius 2 is 1.76 bits per heavy atom. The number of benzene rings is 2. The quantitative estimate of drug-likeness (QED) is 0.672. The van der Waals surface area contributed by atoms with Crippen LogP contribution in [0.4, 0.5) is 10.1 Å².